The van der Waals surface area contributed by atoms with Crippen LogP contribution >= 0.6 is 35.4 Å². The molecule has 0 aromatic heterocycles. The zero-order valence-corrected chi connectivity index (χ0v) is 17.0. The zero-order valence-electron chi connectivity index (χ0n) is 13.9. The highest BCUT2D eigenvalue weighted by molar-refractivity contribution is 7.92. The minimum atomic E-state index is -3.70. The van der Waals surface area contributed by atoms with Gasteiger partial charge in [-0.3, -0.25) is 0 Å². The number of nitrogens with two attached hydrogens (primary N) is 1. The SMILES string of the molecule is COC[C@@]1(C(N)=S)[C@@H](c2ccc(Cl)cc2)[C@@H]1S(=O)(=O)c1ccc(Cl)cc1. The van der Waals surface area contributed by atoms with Crippen LogP contribution in [0.25, 0.3) is 0 Å². The summed E-state index contributed by atoms with van der Waals surface area (Å²) in [5, 5.41) is 0.223. The minimum Gasteiger partial charge on any atom is -0.393 e. The van der Waals surface area contributed by atoms with Crippen LogP contribution in [0.1, 0.15) is 11.5 Å². The molecular formula is C18H17Cl2NO3S2. The van der Waals surface area contributed by atoms with Gasteiger partial charge in [0.2, 0.25) is 0 Å². The van der Waals surface area contributed by atoms with Crippen LogP contribution in [-0.2, 0) is 14.6 Å². The van der Waals surface area contributed by atoms with Crippen LogP contribution < -0.4 is 5.73 Å². The number of thiocarbonyl (C=S) groups is 1. The molecule has 0 radical (unpaired) electrons. The molecule has 26 heavy (non-hydrogen) atoms. The zero-order chi connectivity index (χ0) is 19.1. The lowest BCUT2D eigenvalue weighted by molar-refractivity contribution is 0.166. The number of halogens is 2. The largest absolute Gasteiger partial charge is 0.393 e. The van der Waals surface area contributed by atoms with Crippen LogP contribution in [-0.4, -0.2) is 32.4 Å². The minimum absolute atomic E-state index is 0.118. The fraction of sp³-hybridized carbons (Fsp3) is 0.278. The Labute approximate surface area is 168 Å². The summed E-state index contributed by atoms with van der Waals surface area (Å²) in [5.41, 5.74) is 5.85. The lowest BCUT2D eigenvalue weighted by Crippen LogP contribution is -2.33. The van der Waals surface area contributed by atoms with Gasteiger partial charge in [-0.25, -0.2) is 8.42 Å². The Morgan fingerprint density at radius 1 is 1.12 bits per heavy atom. The molecule has 3 atom stereocenters. The van der Waals surface area contributed by atoms with Crippen LogP contribution in [0.4, 0.5) is 0 Å². The van der Waals surface area contributed by atoms with Crippen molar-refractivity contribution in [1.82, 2.24) is 0 Å². The highest BCUT2D eigenvalue weighted by atomic mass is 35.5. The molecule has 4 nitrogen and oxygen atoms in total. The number of hydrogen-bond acceptors (Lipinski definition) is 4. The lowest BCUT2D eigenvalue weighted by atomic mass is 10.00. The molecule has 0 saturated heterocycles. The van der Waals surface area contributed by atoms with E-state index in [-0.39, 0.29) is 16.5 Å². The third-order valence-electron chi connectivity index (χ3n) is 4.80. The fourth-order valence-corrected chi connectivity index (χ4v) is 6.57. The van der Waals surface area contributed by atoms with Crippen LogP contribution in [0, 0.1) is 5.41 Å². The van der Waals surface area contributed by atoms with E-state index in [0.717, 1.165) is 5.56 Å². The van der Waals surface area contributed by atoms with Crippen molar-refractivity contribution in [3.8, 4) is 0 Å². The molecular weight excluding hydrogens is 413 g/mol. The molecule has 3 rings (SSSR count). The van der Waals surface area contributed by atoms with E-state index in [4.69, 9.17) is 45.9 Å². The lowest BCUT2D eigenvalue weighted by Gasteiger charge is -2.16. The first kappa shape index (κ1) is 19.6. The van der Waals surface area contributed by atoms with Gasteiger partial charge in [0.05, 0.1) is 27.2 Å². The van der Waals surface area contributed by atoms with Crippen molar-refractivity contribution < 1.29 is 13.2 Å². The van der Waals surface area contributed by atoms with Gasteiger partial charge in [0.15, 0.2) is 9.84 Å². The normalized spacial score (nSPS) is 25.0. The van der Waals surface area contributed by atoms with Crippen LogP contribution in [0.15, 0.2) is 53.4 Å². The highest BCUT2D eigenvalue weighted by Crippen LogP contribution is 2.64. The molecule has 0 heterocycles. The molecule has 0 spiro atoms. The second-order valence-electron chi connectivity index (χ2n) is 6.29. The molecule has 0 bridgehead atoms. The van der Waals surface area contributed by atoms with Gasteiger partial charge in [-0.05, 0) is 42.0 Å². The van der Waals surface area contributed by atoms with E-state index < -0.39 is 26.4 Å². The Bertz CT molecular complexity index is 930. The molecule has 1 aliphatic carbocycles. The standard InChI is InChI=1S/C18H17Cl2NO3S2/c1-24-10-18(17(21)25)15(11-2-4-12(19)5-3-11)16(18)26(22,23)14-8-6-13(20)7-9-14/h2-9,15-16H,10H2,1H3,(H2,21,25)/t15-,16-,18+/m0/s1. The Balaban J connectivity index is 2.11. The first-order chi connectivity index (χ1) is 12.2. The van der Waals surface area contributed by atoms with E-state index in [2.05, 4.69) is 0 Å². The number of rotatable bonds is 6. The van der Waals surface area contributed by atoms with Gasteiger partial charge >= 0.3 is 0 Å². The van der Waals surface area contributed by atoms with Gasteiger partial charge in [0.1, 0.15) is 0 Å². The van der Waals surface area contributed by atoms with E-state index in [1.165, 1.54) is 19.2 Å². The molecule has 1 aliphatic rings. The molecule has 0 unspecified atom stereocenters. The van der Waals surface area contributed by atoms with Gasteiger partial charge in [0.25, 0.3) is 0 Å². The Morgan fingerprint density at radius 3 is 2.08 bits per heavy atom. The molecule has 2 aromatic rings. The molecule has 2 aromatic carbocycles. The summed E-state index contributed by atoms with van der Waals surface area (Å²) in [5.74, 6) is -0.405. The number of benzene rings is 2. The van der Waals surface area contributed by atoms with E-state index in [9.17, 15) is 8.42 Å². The molecule has 0 aliphatic heterocycles. The third kappa shape index (κ3) is 3.14. The van der Waals surface area contributed by atoms with Gasteiger partial charge in [-0.15, -0.1) is 0 Å². The summed E-state index contributed by atoms with van der Waals surface area (Å²) in [6.07, 6.45) is 0. The van der Waals surface area contributed by atoms with E-state index in [1.54, 1.807) is 36.4 Å². The van der Waals surface area contributed by atoms with Gasteiger partial charge in [0, 0.05) is 23.1 Å². The summed E-state index contributed by atoms with van der Waals surface area (Å²) >= 11 is 17.1. The van der Waals surface area contributed by atoms with Crippen molar-refractivity contribution in [3.05, 3.63) is 64.1 Å². The van der Waals surface area contributed by atoms with Gasteiger partial charge < -0.3 is 10.5 Å². The number of ether oxygens (including phenoxy) is 1. The summed E-state index contributed by atoms with van der Waals surface area (Å²) < 4.78 is 31.9. The van der Waals surface area contributed by atoms with Gasteiger partial charge in [-0.2, -0.15) is 0 Å². The number of hydrogen-bond donors (Lipinski definition) is 1. The maximum Gasteiger partial charge on any atom is 0.182 e. The summed E-state index contributed by atoms with van der Waals surface area (Å²) in [6.45, 7) is 0.118. The molecule has 1 saturated carbocycles. The Kier molecular flexibility index (Phi) is 5.34. The maximum absolute atomic E-state index is 13.3. The van der Waals surface area contributed by atoms with E-state index in [0.29, 0.717) is 10.0 Å². The summed E-state index contributed by atoms with van der Waals surface area (Å²) in [4.78, 5) is 0.307. The Morgan fingerprint density at radius 2 is 1.62 bits per heavy atom. The molecule has 1 fully saturated rings. The monoisotopic (exact) mass is 429 g/mol. The molecule has 0 amide bonds. The first-order valence-corrected chi connectivity index (χ1v) is 10.5. The molecule has 2 N–H and O–H groups in total. The third-order valence-corrected chi connectivity index (χ3v) is 7.98. The molecule has 138 valence electrons. The second kappa shape index (κ2) is 7.09. The van der Waals surface area contributed by atoms with E-state index >= 15 is 0 Å². The van der Waals surface area contributed by atoms with Crippen molar-refractivity contribution in [3.63, 3.8) is 0 Å². The predicted molar refractivity (Wildman–Crippen MR) is 108 cm³/mol. The summed E-state index contributed by atoms with van der Waals surface area (Å²) in [6, 6.07) is 13.1. The van der Waals surface area contributed by atoms with Crippen molar-refractivity contribution in [2.24, 2.45) is 11.1 Å². The van der Waals surface area contributed by atoms with Gasteiger partial charge in [-0.1, -0.05) is 47.6 Å². The number of methoxy groups -OCH3 is 1. The fourth-order valence-electron chi connectivity index (χ4n) is 3.55. The number of sulfone groups is 1. The second-order valence-corrected chi connectivity index (χ2v) is 9.67. The van der Waals surface area contributed by atoms with Crippen molar-refractivity contribution in [2.75, 3.05) is 13.7 Å². The van der Waals surface area contributed by atoms with Crippen molar-refractivity contribution >= 4 is 50.2 Å². The van der Waals surface area contributed by atoms with Crippen LogP contribution in [0.2, 0.25) is 10.0 Å². The predicted octanol–water partition coefficient (Wildman–Crippen LogP) is 3.85. The Hall–Kier alpha value is -1.18. The average Bonchev–Trinajstić information content (AvgIpc) is 3.27. The smallest absolute Gasteiger partial charge is 0.182 e. The van der Waals surface area contributed by atoms with Crippen LogP contribution in [0.5, 0.6) is 0 Å². The molecule has 8 heteroatoms. The van der Waals surface area contributed by atoms with Crippen molar-refractivity contribution in [1.29, 1.82) is 0 Å². The quantitative estimate of drug-likeness (QED) is 0.705. The van der Waals surface area contributed by atoms with Crippen molar-refractivity contribution in [2.45, 2.75) is 16.1 Å². The first-order valence-electron chi connectivity index (χ1n) is 7.79. The topological polar surface area (TPSA) is 69.4 Å². The highest BCUT2D eigenvalue weighted by Gasteiger charge is 2.73. The maximum atomic E-state index is 13.3. The average molecular weight is 430 g/mol. The van der Waals surface area contributed by atoms with Crippen LogP contribution in [0.3, 0.4) is 0 Å². The summed E-state index contributed by atoms with van der Waals surface area (Å²) in [7, 11) is -2.20. The van der Waals surface area contributed by atoms with E-state index in [1.807, 2.05) is 0 Å².